The SMILES string of the molecule is Cc1ccc(C(C)NC(C)c2nn[nH]n2)c(C)c1. The lowest BCUT2D eigenvalue weighted by Crippen LogP contribution is -2.24. The summed E-state index contributed by atoms with van der Waals surface area (Å²) >= 11 is 0. The van der Waals surface area contributed by atoms with Gasteiger partial charge in [0.05, 0.1) is 6.04 Å². The van der Waals surface area contributed by atoms with E-state index in [0.717, 1.165) is 0 Å². The molecule has 1 aromatic heterocycles. The molecule has 0 bridgehead atoms. The maximum atomic E-state index is 3.99. The van der Waals surface area contributed by atoms with Crippen molar-refractivity contribution in [3.63, 3.8) is 0 Å². The normalized spacial score (nSPS) is 14.4. The van der Waals surface area contributed by atoms with Gasteiger partial charge < -0.3 is 5.32 Å². The Bertz CT molecular complexity index is 506. The lowest BCUT2D eigenvalue weighted by atomic mass is 10.00. The van der Waals surface area contributed by atoms with Crippen LogP contribution in [0.3, 0.4) is 0 Å². The van der Waals surface area contributed by atoms with Crippen LogP contribution in [0.25, 0.3) is 0 Å². The molecule has 1 aromatic carbocycles. The lowest BCUT2D eigenvalue weighted by molar-refractivity contribution is 0.475. The van der Waals surface area contributed by atoms with Crippen molar-refractivity contribution in [2.75, 3.05) is 0 Å². The van der Waals surface area contributed by atoms with Gasteiger partial charge in [0, 0.05) is 6.04 Å². The summed E-state index contributed by atoms with van der Waals surface area (Å²) in [6, 6.07) is 6.83. The zero-order chi connectivity index (χ0) is 13.1. The number of aromatic nitrogens is 4. The minimum atomic E-state index is 0.0689. The summed E-state index contributed by atoms with van der Waals surface area (Å²) in [4.78, 5) is 0. The van der Waals surface area contributed by atoms with Gasteiger partial charge in [0.2, 0.25) is 0 Å². The van der Waals surface area contributed by atoms with Gasteiger partial charge in [-0.2, -0.15) is 5.21 Å². The highest BCUT2D eigenvalue weighted by molar-refractivity contribution is 5.32. The van der Waals surface area contributed by atoms with E-state index in [1.54, 1.807) is 0 Å². The molecule has 0 saturated heterocycles. The van der Waals surface area contributed by atoms with E-state index in [-0.39, 0.29) is 12.1 Å². The highest BCUT2D eigenvalue weighted by atomic mass is 15.5. The molecule has 5 nitrogen and oxygen atoms in total. The van der Waals surface area contributed by atoms with Crippen LogP contribution in [-0.4, -0.2) is 20.6 Å². The monoisotopic (exact) mass is 245 g/mol. The van der Waals surface area contributed by atoms with Gasteiger partial charge in [-0.05, 0) is 38.8 Å². The molecule has 2 unspecified atom stereocenters. The van der Waals surface area contributed by atoms with Gasteiger partial charge in [-0.25, -0.2) is 0 Å². The largest absolute Gasteiger partial charge is 0.301 e. The van der Waals surface area contributed by atoms with Crippen molar-refractivity contribution >= 4 is 0 Å². The molecule has 1 heterocycles. The minimum Gasteiger partial charge on any atom is -0.301 e. The standard InChI is InChI=1S/C13H19N5/c1-8-5-6-12(9(2)7-8)10(3)14-11(4)13-15-17-18-16-13/h5-7,10-11,14H,1-4H3,(H,15,16,17,18). The average Bonchev–Trinajstić information content (AvgIpc) is 2.81. The zero-order valence-corrected chi connectivity index (χ0v) is 11.2. The smallest absolute Gasteiger partial charge is 0.191 e. The van der Waals surface area contributed by atoms with E-state index in [1.807, 2.05) is 6.92 Å². The van der Waals surface area contributed by atoms with Crippen LogP contribution < -0.4 is 5.32 Å². The predicted octanol–water partition coefficient (Wildman–Crippen LogP) is 2.23. The lowest BCUT2D eigenvalue weighted by Gasteiger charge is -2.20. The first-order chi connectivity index (χ1) is 8.58. The van der Waals surface area contributed by atoms with Crippen molar-refractivity contribution in [3.05, 3.63) is 40.7 Å². The van der Waals surface area contributed by atoms with Crippen LogP contribution in [0.4, 0.5) is 0 Å². The first-order valence-electron chi connectivity index (χ1n) is 6.14. The molecule has 5 heteroatoms. The summed E-state index contributed by atoms with van der Waals surface area (Å²) < 4.78 is 0. The maximum absolute atomic E-state index is 3.99. The Labute approximate surface area is 107 Å². The summed E-state index contributed by atoms with van der Waals surface area (Å²) in [6.45, 7) is 8.43. The van der Waals surface area contributed by atoms with Gasteiger partial charge in [0.25, 0.3) is 0 Å². The van der Waals surface area contributed by atoms with Gasteiger partial charge in [-0.3, -0.25) is 0 Å². The third-order valence-corrected chi connectivity index (χ3v) is 3.14. The molecule has 0 aliphatic heterocycles. The molecule has 96 valence electrons. The number of hydrogen-bond donors (Lipinski definition) is 2. The van der Waals surface area contributed by atoms with Crippen LogP contribution in [0.15, 0.2) is 18.2 Å². The highest BCUT2D eigenvalue weighted by Gasteiger charge is 2.15. The molecule has 0 aliphatic rings. The molecule has 0 aliphatic carbocycles. The molecule has 0 radical (unpaired) electrons. The fourth-order valence-corrected chi connectivity index (χ4v) is 2.20. The number of aromatic amines is 1. The van der Waals surface area contributed by atoms with E-state index in [4.69, 9.17) is 0 Å². The maximum Gasteiger partial charge on any atom is 0.191 e. The summed E-state index contributed by atoms with van der Waals surface area (Å²) in [5.74, 6) is 0.687. The molecule has 0 amide bonds. The molecule has 2 N–H and O–H groups in total. The van der Waals surface area contributed by atoms with Crippen molar-refractivity contribution < 1.29 is 0 Å². The fraction of sp³-hybridized carbons (Fsp3) is 0.462. The van der Waals surface area contributed by atoms with E-state index >= 15 is 0 Å². The van der Waals surface area contributed by atoms with E-state index < -0.39 is 0 Å². The molecule has 2 aromatic rings. The van der Waals surface area contributed by atoms with Crippen LogP contribution in [0.1, 0.15) is 48.4 Å². The van der Waals surface area contributed by atoms with Crippen LogP contribution in [-0.2, 0) is 0 Å². The van der Waals surface area contributed by atoms with Crippen molar-refractivity contribution in [3.8, 4) is 0 Å². The summed E-state index contributed by atoms with van der Waals surface area (Å²) in [6.07, 6.45) is 0. The Morgan fingerprint density at radius 3 is 2.56 bits per heavy atom. The van der Waals surface area contributed by atoms with Crippen LogP contribution in [0.2, 0.25) is 0 Å². The van der Waals surface area contributed by atoms with Crippen LogP contribution >= 0.6 is 0 Å². The molecule has 2 rings (SSSR count). The van der Waals surface area contributed by atoms with Gasteiger partial charge in [-0.1, -0.05) is 29.0 Å². The average molecular weight is 245 g/mol. The van der Waals surface area contributed by atoms with E-state index in [2.05, 4.69) is 64.9 Å². The van der Waals surface area contributed by atoms with Gasteiger partial charge in [0.1, 0.15) is 0 Å². The van der Waals surface area contributed by atoms with Crippen molar-refractivity contribution in [2.45, 2.75) is 39.8 Å². The number of aryl methyl sites for hydroxylation is 2. The molecular formula is C13H19N5. The van der Waals surface area contributed by atoms with Gasteiger partial charge in [-0.15, -0.1) is 10.2 Å². The topological polar surface area (TPSA) is 66.5 Å². The second-order valence-electron chi connectivity index (χ2n) is 4.74. The van der Waals surface area contributed by atoms with Crippen LogP contribution in [0, 0.1) is 13.8 Å². The second-order valence-corrected chi connectivity index (χ2v) is 4.74. The van der Waals surface area contributed by atoms with E-state index in [9.17, 15) is 0 Å². The van der Waals surface area contributed by atoms with Crippen molar-refractivity contribution in [1.29, 1.82) is 0 Å². The predicted molar refractivity (Wildman–Crippen MR) is 70.1 cm³/mol. The quantitative estimate of drug-likeness (QED) is 0.866. The van der Waals surface area contributed by atoms with E-state index in [0.29, 0.717) is 5.82 Å². The van der Waals surface area contributed by atoms with E-state index in [1.165, 1.54) is 16.7 Å². The third kappa shape index (κ3) is 2.73. The second kappa shape index (κ2) is 5.27. The Kier molecular flexibility index (Phi) is 3.72. The number of hydrogen-bond acceptors (Lipinski definition) is 4. The highest BCUT2D eigenvalue weighted by Crippen LogP contribution is 2.21. The Morgan fingerprint density at radius 1 is 1.17 bits per heavy atom. The summed E-state index contributed by atoms with van der Waals surface area (Å²) in [5.41, 5.74) is 3.89. The fourth-order valence-electron chi connectivity index (χ4n) is 2.20. The summed E-state index contributed by atoms with van der Waals surface area (Å²) in [5, 5.41) is 17.5. The molecular weight excluding hydrogens is 226 g/mol. The molecule has 0 saturated carbocycles. The molecule has 0 fully saturated rings. The third-order valence-electron chi connectivity index (χ3n) is 3.14. The van der Waals surface area contributed by atoms with Gasteiger partial charge in [0.15, 0.2) is 5.82 Å². The number of rotatable bonds is 4. The number of tetrazole rings is 1. The number of H-pyrrole nitrogens is 1. The molecule has 18 heavy (non-hydrogen) atoms. The number of nitrogens with zero attached hydrogens (tertiary/aromatic N) is 3. The number of nitrogens with one attached hydrogen (secondary N) is 2. The first kappa shape index (κ1) is 12.7. The minimum absolute atomic E-state index is 0.0689. The number of benzene rings is 1. The molecule has 2 atom stereocenters. The zero-order valence-electron chi connectivity index (χ0n) is 11.2. The van der Waals surface area contributed by atoms with Crippen LogP contribution in [0.5, 0.6) is 0 Å². The van der Waals surface area contributed by atoms with Gasteiger partial charge >= 0.3 is 0 Å². The molecule has 0 spiro atoms. The van der Waals surface area contributed by atoms with Crippen molar-refractivity contribution in [2.24, 2.45) is 0 Å². The Balaban J connectivity index is 2.10. The van der Waals surface area contributed by atoms with Crippen molar-refractivity contribution in [1.82, 2.24) is 25.9 Å². The Morgan fingerprint density at radius 2 is 1.94 bits per heavy atom. The first-order valence-corrected chi connectivity index (χ1v) is 6.14. The Hall–Kier alpha value is -1.75. The summed E-state index contributed by atoms with van der Waals surface area (Å²) in [7, 11) is 0.